The van der Waals surface area contributed by atoms with Crippen molar-refractivity contribution in [2.45, 2.75) is 58.7 Å². The molecule has 0 saturated heterocycles. The Bertz CT molecular complexity index is 916. The molecular weight excluding hydrogens is 410 g/mol. The van der Waals surface area contributed by atoms with Crippen LogP contribution in [0.1, 0.15) is 51.5 Å². The molecule has 2 heterocycles. The van der Waals surface area contributed by atoms with Crippen molar-refractivity contribution in [2.24, 2.45) is 5.73 Å². The van der Waals surface area contributed by atoms with Crippen molar-refractivity contribution in [3.8, 4) is 11.5 Å². The van der Waals surface area contributed by atoms with Gasteiger partial charge in [-0.05, 0) is 57.5 Å². The fraction of sp³-hybridized carbons (Fsp3) is 0.500. The van der Waals surface area contributed by atoms with Gasteiger partial charge in [-0.15, -0.1) is 12.4 Å². The van der Waals surface area contributed by atoms with E-state index in [1.807, 2.05) is 39.0 Å². The second-order valence-corrected chi connectivity index (χ2v) is 7.60. The SMILES string of the molecule is CC(=O)N1c2ccc(-c3nc(CCN)no3)cc2[C@H](N(C(=O)O)C(C)C)C[C@@H]1C.Cl. The first-order valence-electron chi connectivity index (χ1n) is 9.72. The molecule has 3 N–H and O–H groups in total. The van der Waals surface area contributed by atoms with Crippen molar-refractivity contribution in [1.29, 1.82) is 0 Å². The summed E-state index contributed by atoms with van der Waals surface area (Å²) in [5.74, 6) is 0.777. The van der Waals surface area contributed by atoms with Gasteiger partial charge in [0.05, 0.1) is 6.04 Å². The van der Waals surface area contributed by atoms with Gasteiger partial charge in [0, 0.05) is 36.7 Å². The van der Waals surface area contributed by atoms with E-state index in [0.29, 0.717) is 42.4 Å². The van der Waals surface area contributed by atoms with Crippen LogP contribution < -0.4 is 10.6 Å². The quantitative estimate of drug-likeness (QED) is 0.735. The molecule has 0 radical (unpaired) electrons. The van der Waals surface area contributed by atoms with Crippen LogP contribution >= 0.6 is 12.4 Å². The number of hydrogen-bond acceptors (Lipinski definition) is 6. The first-order chi connectivity index (χ1) is 13.7. The Morgan fingerprint density at radius 3 is 2.67 bits per heavy atom. The Morgan fingerprint density at radius 2 is 2.10 bits per heavy atom. The Hall–Kier alpha value is -2.65. The number of benzene rings is 1. The maximum absolute atomic E-state index is 12.3. The molecular formula is C20H28ClN5O4. The molecule has 0 spiro atoms. The molecule has 3 rings (SSSR count). The summed E-state index contributed by atoms with van der Waals surface area (Å²) in [6.07, 6.45) is 0.0168. The number of amides is 2. The molecule has 1 aromatic heterocycles. The Balaban J connectivity index is 0.00000320. The molecule has 0 bridgehead atoms. The number of anilines is 1. The van der Waals surface area contributed by atoms with E-state index in [9.17, 15) is 14.7 Å². The summed E-state index contributed by atoms with van der Waals surface area (Å²) in [6, 6.07) is 4.74. The number of carbonyl (C=O) groups excluding carboxylic acids is 1. The number of nitrogens with two attached hydrogens (primary N) is 1. The standard InChI is InChI=1S/C20H27N5O4.ClH/c1-11(2)24(20(27)28)17-9-12(3)25(13(4)26)16-6-5-14(10-15(16)17)19-22-18(7-8-21)23-29-19;/h5-6,10-12,17H,7-9,21H2,1-4H3,(H,27,28);1H/t12-,17+;/m0./s1. The molecule has 2 amide bonds. The van der Waals surface area contributed by atoms with E-state index in [1.165, 1.54) is 11.8 Å². The van der Waals surface area contributed by atoms with Crippen LogP contribution in [0.5, 0.6) is 0 Å². The molecule has 1 aliphatic heterocycles. The summed E-state index contributed by atoms with van der Waals surface area (Å²) in [5.41, 5.74) is 7.68. The zero-order valence-electron chi connectivity index (χ0n) is 17.5. The third kappa shape index (κ3) is 4.41. The third-order valence-corrected chi connectivity index (χ3v) is 5.19. The van der Waals surface area contributed by atoms with E-state index in [2.05, 4.69) is 10.1 Å². The van der Waals surface area contributed by atoms with Crippen LogP contribution in [-0.2, 0) is 11.2 Å². The highest BCUT2D eigenvalue weighted by Crippen LogP contribution is 2.42. The molecule has 2 aromatic rings. The molecule has 10 heteroatoms. The van der Waals surface area contributed by atoms with Gasteiger partial charge in [0.15, 0.2) is 5.82 Å². The largest absolute Gasteiger partial charge is 0.465 e. The number of aromatic nitrogens is 2. The highest BCUT2D eigenvalue weighted by Gasteiger charge is 2.38. The summed E-state index contributed by atoms with van der Waals surface area (Å²) in [5, 5.41) is 13.7. The predicted molar refractivity (Wildman–Crippen MR) is 115 cm³/mol. The molecule has 1 aromatic carbocycles. The second kappa shape index (κ2) is 9.44. The van der Waals surface area contributed by atoms with E-state index in [1.54, 1.807) is 4.90 Å². The van der Waals surface area contributed by atoms with Crippen molar-refractivity contribution in [2.75, 3.05) is 11.4 Å². The summed E-state index contributed by atoms with van der Waals surface area (Å²) < 4.78 is 5.35. The summed E-state index contributed by atoms with van der Waals surface area (Å²) in [7, 11) is 0. The Morgan fingerprint density at radius 1 is 1.40 bits per heavy atom. The predicted octanol–water partition coefficient (Wildman–Crippen LogP) is 3.23. The van der Waals surface area contributed by atoms with Crippen LogP contribution in [0.15, 0.2) is 22.7 Å². The van der Waals surface area contributed by atoms with Gasteiger partial charge in [-0.25, -0.2) is 4.79 Å². The van der Waals surface area contributed by atoms with E-state index in [-0.39, 0.29) is 36.4 Å². The summed E-state index contributed by atoms with van der Waals surface area (Å²) in [6.45, 7) is 7.55. The van der Waals surface area contributed by atoms with E-state index < -0.39 is 6.09 Å². The van der Waals surface area contributed by atoms with Crippen LogP contribution in [0, 0.1) is 0 Å². The number of nitrogens with zero attached hydrogens (tertiary/aromatic N) is 4. The number of halogens is 1. The van der Waals surface area contributed by atoms with Crippen LogP contribution in [0.25, 0.3) is 11.5 Å². The molecule has 164 valence electrons. The van der Waals surface area contributed by atoms with Gasteiger partial charge >= 0.3 is 6.09 Å². The van der Waals surface area contributed by atoms with E-state index >= 15 is 0 Å². The molecule has 0 saturated carbocycles. The first-order valence-corrected chi connectivity index (χ1v) is 9.72. The number of carbonyl (C=O) groups is 2. The minimum Gasteiger partial charge on any atom is -0.465 e. The fourth-order valence-corrected chi connectivity index (χ4v) is 4.03. The lowest BCUT2D eigenvalue weighted by molar-refractivity contribution is -0.117. The molecule has 30 heavy (non-hydrogen) atoms. The average Bonchev–Trinajstić information content (AvgIpc) is 3.09. The monoisotopic (exact) mass is 437 g/mol. The number of fused-ring (bicyclic) bond motifs is 1. The number of rotatable bonds is 5. The topological polar surface area (TPSA) is 126 Å². The van der Waals surface area contributed by atoms with Crippen LogP contribution in [0.2, 0.25) is 0 Å². The van der Waals surface area contributed by atoms with Crippen molar-refractivity contribution in [3.05, 3.63) is 29.6 Å². The molecule has 0 aliphatic carbocycles. The highest BCUT2D eigenvalue weighted by atomic mass is 35.5. The van der Waals surface area contributed by atoms with Gasteiger partial charge in [-0.2, -0.15) is 4.98 Å². The third-order valence-electron chi connectivity index (χ3n) is 5.19. The van der Waals surface area contributed by atoms with Crippen molar-refractivity contribution in [1.82, 2.24) is 15.0 Å². The van der Waals surface area contributed by atoms with Gasteiger partial charge in [-0.1, -0.05) is 5.16 Å². The molecule has 0 fully saturated rings. The summed E-state index contributed by atoms with van der Waals surface area (Å²) in [4.78, 5) is 31.8. The van der Waals surface area contributed by atoms with Crippen molar-refractivity contribution < 1.29 is 19.2 Å². The second-order valence-electron chi connectivity index (χ2n) is 7.60. The minimum atomic E-state index is -0.993. The van der Waals surface area contributed by atoms with Gasteiger partial charge in [-0.3, -0.25) is 9.69 Å². The van der Waals surface area contributed by atoms with Gasteiger partial charge in [0.25, 0.3) is 5.89 Å². The van der Waals surface area contributed by atoms with E-state index in [4.69, 9.17) is 10.3 Å². The van der Waals surface area contributed by atoms with Crippen LogP contribution in [0.4, 0.5) is 10.5 Å². The van der Waals surface area contributed by atoms with Crippen LogP contribution in [0.3, 0.4) is 0 Å². The molecule has 1 aliphatic rings. The average molecular weight is 438 g/mol. The van der Waals surface area contributed by atoms with Crippen molar-refractivity contribution in [3.63, 3.8) is 0 Å². The maximum Gasteiger partial charge on any atom is 0.408 e. The Labute approximate surface area is 181 Å². The van der Waals surface area contributed by atoms with Crippen LogP contribution in [-0.4, -0.2) is 50.8 Å². The maximum atomic E-state index is 12.3. The lowest BCUT2D eigenvalue weighted by Crippen LogP contribution is -2.48. The summed E-state index contributed by atoms with van der Waals surface area (Å²) >= 11 is 0. The lowest BCUT2D eigenvalue weighted by atomic mass is 9.88. The number of carboxylic acid groups (broad SMARTS) is 1. The normalized spacial score (nSPS) is 18.0. The zero-order valence-corrected chi connectivity index (χ0v) is 18.3. The number of hydrogen-bond donors (Lipinski definition) is 2. The zero-order chi connectivity index (χ0) is 21.3. The van der Waals surface area contributed by atoms with Gasteiger partial charge < -0.3 is 20.3 Å². The van der Waals surface area contributed by atoms with Gasteiger partial charge in [0.1, 0.15) is 0 Å². The Kier molecular flexibility index (Phi) is 7.44. The fourth-order valence-electron chi connectivity index (χ4n) is 4.03. The van der Waals surface area contributed by atoms with E-state index in [0.717, 1.165) is 5.56 Å². The molecule has 9 nitrogen and oxygen atoms in total. The first kappa shape index (κ1) is 23.6. The highest BCUT2D eigenvalue weighted by molar-refractivity contribution is 5.94. The van der Waals surface area contributed by atoms with Crippen molar-refractivity contribution >= 4 is 30.1 Å². The minimum absolute atomic E-state index is 0. The smallest absolute Gasteiger partial charge is 0.408 e. The van der Waals surface area contributed by atoms with Gasteiger partial charge in [0.2, 0.25) is 5.91 Å². The lowest BCUT2D eigenvalue weighted by Gasteiger charge is -2.43. The molecule has 2 atom stereocenters. The molecule has 0 unspecified atom stereocenters.